The summed E-state index contributed by atoms with van der Waals surface area (Å²) in [7, 11) is 0. The molecule has 3 heterocycles. The lowest BCUT2D eigenvalue weighted by Gasteiger charge is -2.42. The van der Waals surface area contributed by atoms with Gasteiger partial charge in [-0.1, -0.05) is 19.9 Å². The highest BCUT2D eigenvalue weighted by Gasteiger charge is 2.28. The second kappa shape index (κ2) is 8.45. The van der Waals surface area contributed by atoms with Crippen LogP contribution in [0.15, 0.2) is 21.9 Å². The minimum Gasteiger partial charge on any atom is -0.440 e. The van der Waals surface area contributed by atoms with Crippen molar-refractivity contribution in [3.05, 3.63) is 29.0 Å². The van der Waals surface area contributed by atoms with Gasteiger partial charge in [-0.05, 0) is 30.7 Å². The van der Waals surface area contributed by atoms with Gasteiger partial charge in [-0.25, -0.2) is 4.98 Å². The van der Waals surface area contributed by atoms with Crippen molar-refractivity contribution >= 4 is 11.3 Å². The Balaban J connectivity index is 1.65. The predicted molar refractivity (Wildman–Crippen MR) is 102 cm³/mol. The number of hydrogen-bond donors (Lipinski definition) is 1. The molecule has 138 valence electrons. The van der Waals surface area contributed by atoms with Gasteiger partial charge in [0.1, 0.15) is 5.76 Å². The lowest BCUT2D eigenvalue weighted by molar-refractivity contribution is 0.0470. The molecule has 1 atom stereocenters. The summed E-state index contributed by atoms with van der Waals surface area (Å²) < 4.78 is 5.87. The Hall–Kier alpha value is -1.21. The number of piperazine rings is 1. The fourth-order valence-electron chi connectivity index (χ4n) is 3.53. The van der Waals surface area contributed by atoms with Gasteiger partial charge in [-0.2, -0.15) is 0 Å². The molecule has 1 aliphatic heterocycles. The summed E-state index contributed by atoms with van der Waals surface area (Å²) in [5, 5.41) is 11.5. The number of oxazole rings is 1. The fraction of sp³-hybridized carbons (Fsp3) is 0.632. The summed E-state index contributed by atoms with van der Waals surface area (Å²) in [4.78, 5) is 10.8. The van der Waals surface area contributed by atoms with Crippen LogP contribution in [0.25, 0.3) is 10.8 Å². The van der Waals surface area contributed by atoms with Gasteiger partial charge in [-0.3, -0.25) is 9.80 Å². The molecule has 25 heavy (non-hydrogen) atoms. The minimum atomic E-state index is 0.249. The molecule has 0 bridgehead atoms. The predicted octanol–water partition coefficient (Wildman–Crippen LogP) is 3.24. The van der Waals surface area contributed by atoms with Crippen molar-refractivity contribution in [3.63, 3.8) is 0 Å². The first kappa shape index (κ1) is 18.6. The highest BCUT2D eigenvalue weighted by Crippen LogP contribution is 2.27. The number of aliphatic hydroxyl groups excluding tert-OH is 1. The molecule has 1 aliphatic rings. The van der Waals surface area contributed by atoms with Gasteiger partial charge >= 0.3 is 0 Å². The Morgan fingerprint density at radius 2 is 2.24 bits per heavy atom. The molecule has 0 amide bonds. The van der Waals surface area contributed by atoms with E-state index in [1.165, 1.54) is 0 Å². The van der Waals surface area contributed by atoms with Gasteiger partial charge < -0.3 is 9.52 Å². The number of aryl methyl sites for hydroxylation is 1. The molecule has 3 rings (SSSR count). The smallest absolute Gasteiger partial charge is 0.236 e. The average Bonchev–Trinajstić information content (AvgIpc) is 3.20. The van der Waals surface area contributed by atoms with E-state index in [0.717, 1.165) is 61.4 Å². The van der Waals surface area contributed by atoms with Crippen molar-refractivity contribution < 1.29 is 9.52 Å². The van der Waals surface area contributed by atoms with E-state index >= 15 is 0 Å². The summed E-state index contributed by atoms with van der Waals surface area (Å²) in [6, 6.07) is 4.49. The van der Waals surface area contributed by atoms with Gasteiger partial charge in [0.25, 0.3) is 0 Å². The van der Waals surface area contributed by atoms with Crippen LogP contribution in [0.4, 0.5) is 0 Å². The monoisotopic (exact) mass is 363 g/mol. The third-order valence-corrected chi connectivity index (χ3v) is 5.61. The molecule has 2 aromatic rings. The molecule has 2 aromatic heterocycles. The molecule has 1 saturated heterocycles. The van der Waals surface area contributed by atoms with Gasteiger partial charge in [0.15, 0.2) is 0 Å². The summed E-state index contributed by atoms with van der Waals surface area (Å²) in [6.45, 7) is 11.8. The van der Waals surface area contributed by atoms with E-state index in [9.17, 15) is 5.11 Å². The Morgan fingerprint density at radius 1 is 1.40 bits per heavy atom. The maximum Gasteiger partial charge on any atom is 0.236 e. The largest absolute Gasteiger partial charge is 0.440 e. The third kappa shape index (κ3) is 4.70. The average molecular weight is 364 g/mol. The number of aromatic nitrogens is 1. The van der Waals surface area contributed by atoms with E-state index in [1.54, 1.807) is 11.3 Å². The Labute approximate surface area is 154 Å². The number of thiophene rings is 1. The van der Waals surface area contributed by atoms with Crippen molar-refractivity contribution in [2.75, 3.05) is 32.8 Å². The summed E-state index contributed by atoms with van der Waals surface area (Å²) in [6.07, 6.45) is 0.835. The molecule has 0 spiro atoms. The standard InChI is InChI=1S/C19H29N3O2S/c1-14(2)11-22-8-7-21(12-16(22)6-9-23)13-17-15(3)24-19(20-17)18-5-4-10-25-18/h4-5,10,14,16,23H,6-9,11-13H2,1-3H3/t16-/m0/s1. The summed E-state index contributed by atoms with van der Waals surface area (Å²) >= 11 is 1.65. The van der Waals surface area contributed by atoms with E-state index in [2.05, 4.69) is 23.6 Å². The zero-order chi connectivity index (χ0) is 17.8. The maximum absolute atomic E-state index is 9.43. The zero-order valence-electron chi connectivity index (χ0n) is 15.4. The van der Waals surface area contributed by atoms with Crippen molar-refractivity contribution in [3.8, 4) is 10.8 Å². The molecular weight excluding hydrogens is 334 g/mol. The Kier molecular flexibility index (Phi) is 6.28. The number of hydrogen-bond acceptors (Lipinski definition) is 6. The van der Waals surface area contributed by atoms with Crippen LogP contribution in [0, 0.1) is 12.8 Å². The molecule has 0 aromatic carbocycles. The van der Waals surface area contributed by atoms with Crippen LogP contribution in [-0.4, -0.2) is 58.7 Å². The van der Waals surface area contributed by atoms with Crippen LogP contribution >= 0.6 is 11.3 Å². The Bertz CT molecular complexity index is 654. The molecular formula is C19H29N3O2S. The second-order valence-corrected chi connectivity index (χ2v) is 8.24. The number of rotatable bonds is 7. The fourth-order valence-corrected chi connectivity index (χ4v) is 4.17. The van der Waals surface area contributed by atoms with Crippen molar-refractivity contribution in [1.82, 2.24) is 14.8 Å². The SMILES string of the molecule is Cc1oc(-c2cccs2)nc1CN1CCN(CC(C)C)[C@@H](CCO)C1. The minimum absolute atomic E-state index is 0.249. The van der Waals surface area contributed by atoms with Gasteiger partial charge in [0.2, 0.25) is 5.89 Å². The van der Waals surface area contributed by atoms with Crippen LogP contribution in [0.1, 0.15) is 31.7 Å². The van der Waals surface area contributed by atoms with E-state index in [0.29, 0.717) is 12.0 Å². The summed E-state index contributed by atoms with van der Waals surface area (Å²) in [5.74, 6) is 2.29. The van der Waals surface area contributed by atoms with Crippen molar-refractivity contribution in [2.24, 2.45) is 5.92 Å². The highest BCUT2D eigenvalue weighted by molar-refractivity contribution is 7.13. The van der Waals surface area contributed by atoms with E-state index in [-0.39, 0.29) is 6.61 Å². The molecule has 6 heteroatoms. The summed E-state index contributed by atoms with van der Waals surface area (Å²) in [5.41, 5.74) is 1.03. The number of nitrogens with zero attached hydrogens (tertiary/aromatic N) is 3. The molecule has 0 unspecified atom stereocenters. The molecule has 5 nitrogen and oxygen atoms in total. The first-order valence-electron chi connectivity index (χ1n) is 9.14. The molecule has 0 aliphatic carbocycles. The van der Waals surface area contributed by atoms with Crippen LogP contribution < -0.4 is 0 Å². The lowest BCUT2D eigenvalue weighted by atomic mass is 10.1. The molecule has 0 radical (unpaired) electrons. The quantitative estimate of drug-likeness (QED) is 0.818. The zero-order valence-corrected chi connectivity index (χ0v) is 16.3. The third-order valence-electron chi connectivity index (χ3n) is 4.75. The van der Waals surface area contributed by atoms with Crippen molar-refractivity contribution in [1.29, 1.82) is 0 Å². The van der Waals surface area contributed by atoms with Crippen molar-refractivity contribution in [2.45, 2.75) is 39.8 Å². The first-order valence-corrected chi connectivity index (χ1v) is 10.0. The molecule has 0 saturated carbocycles. The lowest BCUT2D eigenvalue weighted by Crippen LogP contribution is -2.53. The van der Waals surface area contributed by atoms with E-state index in [1.807, 2.05) is 24.4 Å². The van der Waals surface area contributed by atoms with E-state index < -0.39 is 0 Å². The molecule has 1 fully saturated rings. The molecule has 1 N–H and O–H groups in total. The normalized spacial score (nSPS) is 19.8. The van der Waals surface area contributed by atoms with Crippen LogP contribution in [0.3, 0.4) is 0 Å². The second-order valence-electron chi connectivity index (χ2n) is 7.29. The van der Waals surface area contributed by atoms with Crippen LogP contribution in [0.5, 0.6) is 0 Å². The first-order chi connectivity index (χ1) is 12.1. The van der Waals surface area contributed by atoms with Crippen LogP contribution in [-0.2, 0) is 6.54 Å². The Morgan fingerprint density at radius 3 is 2.92 bits per heavy atom. The number of aliphatic hydroxyl groups is 1. The van der Waals surface area contributed by atoms with Crippen LogP contribution in [0.2, 0.25) is 0 Å². The van der Waals surface area contributed by atoms with Gasteiger partial charge in [0.05, 0.1) is 10.6 Å². The van der Waals surface area contributed by atoms with E-state index in [4.69, 9.17) is 9.40 Å². The topological polar surface area (TPSA) is 52.7 Å². The van der Waals surface area contributed by atoms with Gasteiger partial charge in [-0.15, -0.1) is 11.3 Å². The highest BCUT2D eigenvalue weighted by atomic mass is 32.1. The van der Waals surface area contributed by atoms with Gasteiger partial charge in [0, 0.05) is 45.4 Å². The maximum atomic E-state index is 9.43.